The van der Waals surface area contributed by atoms with Crippen LogP contribution in [0.1, 0.15) is 48.0 Å². The zero-order valence-corrected chi connectivity index (χ0v) is 16.8. The number of nitrogens with zero attached hydrogens (tertiary/aromatic N) is 1. The molecule has 2 aliphatic rings. The second kappa shape index (κ2) is 8.69. The summed E-state index contributed by atoms with van der Waals surface area (Å²) in [4.78, 5) is 38.9. The summed E-state index contributed by atoms with van der Waals surface area (Å²) >= 11 is 0. The Morgan fingerprint density at radius 1 is 0.900 bits per heavy atom. The average molecular weight is 406 g/mol. The smallest absolute Gasteiger partial charge is 0.307 e. The molecule has 2 aromatic rings. The van der Waals surface area contributed by atoms with Crippen LogP contribution in [0.4, 0.5) is 11.4 Å². The lowest BCUT2D eigenvalue weighted by Crippen LogP contribution is -2.36. The molecule has 0 radical (unpaired) electrons. The summed E-state index contributed by atoms with van der Waals surface area (Å²) in [7, 11) is 0. The van der Waals surface area contributed by atoms with E-state index >= 15 is 0 Å². The van der Waals surface area contributed by atoms with Crippen molar-refractivity contribution in [1.82, 2.24) is 0 Å². The molecule has 4 rings (SSSR count). The number of carbonyl (C=O) groups excluding carboxylic acids is 2. The maximum absolute atomic E-state index is 13.0. The van der Waals surface area contributed by atoms with E-state index in [-0.39, 0.29) is 11.8 Å². The number of anilines is 2. The van der Waals surface area contributed by atoms with E-state index in [1.165, 1.54) is 5.56 Å². The van der Waals surface area contributed by atoms with E-state index in [9.17, 15) is 19.5 Å². The zero-order valence-electron chi connectivity index (χ0n) is 16.8. The van der Waals surface area contributed by atoms with Crippen molar-refractivity contribution in [2.75, 3.05) is 16.8 Å². The molecule has 0 spiro atoms. The molecule has 1 saturated carbocycles. The van der Waals surface area contributed by atoms with Crippen LogP contribution >= 0.6 is 0 Å². The first-order valence-electron chi connectivity index (χ1n) is 10.6. The molecule has 0 unspecified atom stereocenters. The Bertz CT molecular complexity index is 954. The number of aliphatic carboxylic acids is 1. The lowest BCUT2D eigenvalue weighted by atomic mass is 9.78. The maximum Gasteiger partial charge on any atom is 0.307 e. The van der Waals surface area contributed by atoms with Gasteiger partial charge in [0.15, 0.2) is 0 Å². The van der Waals surface area contributed by atoms with Gasteiger partial charge >= 0.3 is 5.97 Å². The van der Waals surface area contributed by atoms with E-state index in [0.717, 1.165) is 31.4 Å². The molecule has 6 nitrogen and oxygen atoms in total. The average Bonchev–Trinajstić information content (AvgIpc) is 2.78. The number of benzene rings is 2. The lowest BCUT2D eigenvalue weighted by molar-refractivity contribution is -0.147. The first kappa shape index (κ1) is 20.1. The fourth-order valence-corrected chi connectivity index (χ4v) is 4.57. The van der Waals surface area contributed by atoms with Crippen LogP contribution in [0.5, 0.6) is 0 Å². The molecule has 1 aliphatic carbocycles. The van der Waals surface area contributed by atoms with E-state index in [1.807, 2.05) is 23.1 Å². The molecule has 156 valence electrons. The Morgan fingerprint density at radius 2 is 1.60 bits per heavy atom. The minimum atomic E-state index is -0.905. The van der Waals surface area contributed by atoms with Crippen LogP contribution in [0.2, 0.25) is 0 Å². The van der Waals surface area contributed by atoms with Gasteiger partial charge in [0.1, 0.15) is 0 Å². The molecule has 1 aliphatic heterocycles. The summed E-state index contributed by atoms with van der Waals surface area (Å²) in [6, 6.07) is 14.8. The molecule has 2 aromatic carbocycles. The van der Waals surface area contributed by atoms with Crippen LogP contribution < -0.4 is 10.2 Å². The Hall–Kier alpha value is -3.15. The highest BCUT2D eigenvalue weighted by Gasteiger charge is 2.35. The molecule has 1 heterocycles. The molecule has 6 heteroatoms. The van der Waals surface area contributed by atoms with Crippen LogP contribution in [-0.2, 0) is 16.0 Å². The largest absolute Gasteiger partial charge is 0.481 e. The number of nitrogens with one attached hydrogen (secondary N) is 1. The highest BCUT2D eigenvalue weighted by Crippen LogP contribution is 2.32. The van der Waals surface area contributed by atoms with E-state index in [4.69, 9.17) is 0 Å². The van der Waals surface area contributed by atoms with Gasteiger partial charge in [-0.15, -0.1) is 0 Å². The topological polar surface area (TPSA) is 86.7 Å². The van der Waals surface area contributed by atoms with Crippen molar-refractivity contribution in [2.24, 2.45) is 11.8 Å². The number of aryl methyl sites for hydroxylation is 1. The highest BCUT2D eigenvalue weighted by molar-refractivity contribution is 6.07. The van der Waals surface area contributed by atoms with Gasteiger partial charge in [-0.2, -0.15) is 0 Å². The van der Waals surface area contributed by atoms with Gasteiger partial charge in [-0.05, 0) is 61.6 Å². The van der Waals surface area contributed by atoms with Gasteiger partial charge in [-0.3, -0.25) is 14.4 Å². The number of rotatable bonds is 4. The van der Waals surface area contributed by atoms with Gasteiger partial charge in [0.05, 0.1) is 11.8 Å². The van der Waals surface area contributed by atoms with Gasteiger partial charge in [-0.1, -0.05) is 31.0 Å². The first-order valence-corrected chi connectivity index (χ1v) is 10.6. The van der Waals surface area contributed by atoms with Crippen molar-refractivity contribution < 1.29 is 19.5 Å². The SMILES string of the molecule is O=C(O)[C@H]1CCCC[C@H]1C(=O)Nc1ccc(C(=O)N2CCCc3ccccc32)cc1. The maximum atomic E-state index is 13.0. The second-order valence-electron chi connectivity index (χ2n) is 8.09. The van der Waals surface area contributed by atoms with E-state index in [2.05, 4.69) is 11.4 Å². The standard InChI is InChI=1S/C24H26N2O4/c27-22(19-8-2-3-9-20(19)24(29)30)25-18-13-11-17(12-14-18)23(28)26-15-5-7-16-6-1-4-10-21(16)26/h1,4,6,10-14,19-20H,2-3,5,7-9,15H2,(H,25,27)(H,29,30)/t19-,20+/m1/s1. The first-order chi connectivity index (χ1) is 14.5. The predicted octanol–water partition coefficient (Wildman–Crippen LogP) is 4.11. The Kier molecular flexibility index (Phi) is 5.84. The number of hydrogen-bond donors (Lipinski definition) is 2. The van der Waals surface area contributed by atoms with Crippen LogP contribution in [0.3, 0.4) is 0 Å². The summed E-state index contributed by atoms with van der Waals surface area (Å²) in [5, 5.41) is 12.2. The number of para-hydroxylation sites is 1. The van der Waals surface area contributed by atoms with Crippen LogP contribution in [0.25, 0.3) is 0 Å². The minimum absolute atomic E-state index is 0.0572. The third kappa shape index (κ3) is 4.08. The monoisotopic (exact) mass is 406 g/mol. The van der Waals surface area contributed by atoms with E-state index < -0.39 is 17.8 Å². The Morgan fingerprint density at radius 3 is 2.33 bits per heavy atom. The number of hydrogen-bond acceptors (Lipinski definition) is 3. The molecule has 0 aromatic heterocycles. The van der Waals surface area contributed by atoms with Crippen molar-refractivity contribution in [1.29, 1.82) is 0 Å². The zero-order chi connectivity index (χ0) is 21.1. The van der Waals surface area contributed by atoms with Gasteiger partial charge in [0.2, 0.25) is 5.91 Å². The second-order valence-corrected chi connectivity index (χ2v) is 8.09. The molecular formula is C24H26N2O4. The van der Waals surface area contributed by atoms with Crippen LogP contribution in [0.15, 0.2) is 48.5 Å². The van der Waals surface area contributed by atoms with Crippen molar-refractivity contribution in [3.05, 3.63) is 59.7 Å². The molecule has 2 atom stereocenters. The summed E-state index contributed by atoms with van der Waals surface area (Å²) in [6.07, 6.45) is 4.75. The lowest BCUT2D eigenvalue weighted by Gasteiger charge is -2.29. The Balaban J connectivity index is 1.45. The molecule has 30 heavy (non-hydrogen) atoms. The number of amides is 2. The van der Waals surface area contributed by atoms with Gasteiger partial charge < -0.3 is 15.3 Å². The molecule has 0 bridgehead atoms. The normalized spacial score (nSPS) is 20.9. The van der Waals surface area contributed by atoms with Crippen molar-refractivity contribution in [3.63, 3.8) is 0 Å². The highest BCUT2D eigenvalue weighted by atomic mass is 16.4. The van der Waals surface area contributed by atoms with Gasteiger partial charge in [0.25, 0.3) is 5.91 Å². The van der Waals surface area contributed by atoms with Gasteiger partial charge in [-0.25, -0.2) is 0 Å². The van der Waals surface area contributed by atoms with Crippen molar-refractivity contribution in [3.8, 4) is 0 Å². The van der Waals surface area contributed by atoms with Crippen molar-refractivity contribution >= 4 is 29.2 Å². The van der Waals surface area contributed by atoms with Gasteiger partial charge in [0, 0.05) is 23.5 Å². The minimum Gasteiger partial charge on any atom is -0.481 e. The number of carboxylic acids is 1. The van der Waals surface area contributed by atoms with E-state index in [1.54, 1.807) is 24.3 Å². The number of carbonyl (C=O) groups is 3. The summed E-state index contributed by atoms with van der Waals surface area (Å²) in [6.45, 7) is 0.687. The Labute approximate surface area is 175 Å². The van der Waals surface area contributed by atoms with Crippen LogP contribution in [0, 0.1) is 11.8 Å². The van der Waals surface area contributed by atoms with Crippen molar-refractivity contribution in [2.45, 2.75) is 38.5 Å². The fourth-order valence-electron chi connectivity index (χ4n) is 4.57. The number of carboxylic acid groups (broad SMARTS) is 1. The summed E-state index contributed by atoms with van der Waals surface area (Å²) in [5.74, 6) is -2.36. The third-order valence-electron chi connectivity index (χ3n) is 6.17. The third-order valence-corrected chi connectivity index (χ3v) is 6.17. The molecule has 1 fully saturated rings. The number of fused-ring (bicyclic) bond motifs is 1. The molecule has 2 amide bonds. The quantitative estimate of drug-likeness (QED) is 0.800. The predicted molar refractivity (Wildman–Crippen MR) is 115 cm³/mol. The molecular weight excluding hydrogens is 380 g/mol. The fraction of sp³-hybridized carbons (Fsp3) is 0.375. The van der Waals surface area contributed by atoms with E-state index in [0.29, 0.717) is 30.6 Å². The summed E-state index contributed by atoms with van der Waals surface area (Å²) < 4.78 is 0. The van der Waals surface area contributed by atoms with Crippen LogP contribution in [-0.4, -0.2) is 29.4 Å². The molecule has 2 N–H and O–H groups in total. The molecule has 0 saturated heterocycles. The summed E-state index contributed by atoms with van der Waals surface area (Å²) in [5.41, 5.74) is 3.28.